The van der Waals surface area contributed by atoms with Gasteiger partial charge in [0, 0.05) is 43.9 Å². The lowest BCUT2D eigenvalue weighted by Crippen LogP contribution is -2.46. The highest BCUT2D eigenvalue weighted by Crippen LogP contribution is 2.32. The molecule has 0 amide bonds. The molecule has 1 aromatic carbocycles. The Hall–Kier alpha value is -1.32. The minimum absolute atomic E-state index is 0.543. The minimum atomic E-state index is 0.543. The Morgan fingerprint density at radius 2 is 2.00 bits per heavy atom. The lowest BCUT2D eigenvalue weighted by molar-refractivity contribution is 0.128. The highest BCUT2D eigenvalue weighted by molar-refractivity contribution is 5.80. The summed E-state index contributed by atoms with van der Waals surface area (Å²) in [5.74, 6) is 0.685. The zero-order valence-electron chi connectivity index (χ0n) is 12.5. The maximum absolute atomic E-state index is 3.46. The highest BCUT2D eigenvalue weighted by Gasteiger charge is 2.26. The number of nitrogens with one attached hydrogen (secondary N) is 2. The van der Waals surface area contributed by atoms with Gasteiger partial charge in [-0.05, 0) is 35.1 Å². The number of piperazine rings is 1. The SMILES string of the molecule is CCC(C)[C@@H](c1ccc2[nH]ccc2c1)N1CCNCC1. The number of hydrogen-bond donors (Lipinski definition) is 2. The molecule has 0 radical (unpaired) electrons. The van der Waals surface area contributed by atoms with E-state index in [0.717, 1.165) is 26.2 Å². The summed E-state index contributed by atoms with van der Waals surface area (Å²) in [5.41, 5.74) is 2.70. The molecule has 1 unspecified atom stereocenters. The van der Waals surface area contributed by atoms with Crippen molar-refractivity contribution in [2.45, 2.75) is 26.3 Å². The summed E-state index contributed by atoms with van der Waals surface area (Å²) in [6.07, 6.45) is 3.25. The molecule has 3 nitrogen and oxygen atoms in total. The Labute approximate surface area is 121 Å². The average Bonchev–Trinajstić information content (AvgIpc) is 2.96. The zero-order chi connectivity index (χ0) is 13.9. The van der Waals surface area contributed by atoms with Gasteiger partial charge in [0.05, 0.1) is 0 Å². The largest absolute Gasteiger partial charge is 0.361 e. The smallest absolute Gasteiger partial charge is 0.0454 e. The van der Waals surface area contributed by atoms with Crippen LogP contribution in [-0.2, 0) is 0 Å². The van der Waals surface area contributed by atoms with Gasteiger partial charge in [0.1, 0.15) is 0 Å². The van der Waals surface area contributed by atoms with Crippen LogP contribution in [0.15, 0.2) is 30.5 Å². The molecule has 3 rings (SSSR count). The summed E-state index contributed by atoms with van der Waals surface area (Å²) in [5, 5.41) is 4.78. The summed E-state index contributed by atoms with van der Waals surface area (Å²) in [4.78, 5) is 5.94. The van der Waals surface area contributed by atoms with Gasteiger partial charge < -0.3 is 10.3 Å². The standard InChI is InChI=1S/C17H25N3/c1-3-13(2)17(20-10-8-18-9-11-20)15-4-5-16-14(12-15)6-7-19-16/h4-7,12-13,17-19H,3,8-11H2,1-2H3/t13?,17-/m0/s1. The van der Waals surface area contributed by atoms with E-state index < -0.39 is 0 Å². The van der Waals surface area contributed by atoms with Crippen LogP contribution in [0.3, 0.4) is 0 Å². The van der Waals surface area contributed by atoms with Crippen molar-refractivity contribution in [3.8, 4) is 0 Å². The van der Waals surface area contributed by atoms with E-state index in [-0.39, 0.29) is 0 Å². The van der Waals surface area contributed by atoms with Crippen LogP contribution in [0.4, 0.5) is 0 Å². The number of nitrogens with zero attached hydrogens (tertiary/aromatic N) is 1. The summed E-state index contributed by atoms with van der Waals surface area (Å²) >= 11 is 0. The Kier molecular flexibility index (Phi) is 4.08. The fourth-order valence-electron chi connectivity index (χ4n) is 3.34. The van der Waals surface area contributed by atoms with E-state index in [1.807, 2.05) is 6.20 Å². The molecular weight excluding hydrogens is 246 g/mol. The number of H-pyrrole nitrogens is 1. The quantitative estimate of drug-likeness (QED) is 0.895. The molecule has 0 saturated carbocycles. The molecule has 2 heterocycles. The molecule has 0 aliphatic carbocycles. The van der Waals surface area contributed by atoms with Crippen LogP contribution in [0.1, 0.15) is 31.9 Å². The van der Waals surface area contributed by atoms with Gasteiger partial charge in [0.25, 0.3) is 0 Å². The first-order valence-corrected chi connectivity index (χ1v) is 7.81. The molecule has 20 heavy (non-hydrogen) atoms. The number of benzene rings is 1. The second-order valence-electron chi connectivity index (χ2n) is 5.94. The first-order valence-electron chi connectivity index (χ1n) is 7.81. The Balaban J connectivity index is 1.94. The van der Waals surface area contributed by atoms with Crippen LogP contribution in [0.2, 0.25) is 0 Å². The summed E-state index contributed by atoms with van der Waals surface area (Å²) in [6.45, 7) is 9.21. The van der Waals surface area contributed by atoms with Gasteiger partial charge in [-0.15, -0.1) is 0 Å². The Bertz CT molecular complexity index is 554. The molecule has 1 saturated heterocycles. The second-order valence-corrected chi connectivity index (χ2v) is 5.94. The van der Waals surface area contributed by atoms with Crippen LogP contribution in [-0.4, -0.2) is 36.1 Å². The van der Waals surface area contributed by atoms with Crippen LogP contribution in [0, 0.1) is 5.92 Å². The molecule has 2 atom stereocenters. The van der Waals surface area contributed by atoms with E-state index in [1.54, 1.807) is 0 Å². The van der Waals surface area contributed by atoms with Crippen molar-refractivity contribution in [3.63, 3.8) is 0 Å². The van der Waals surface area contributed by atoms with Gasteiger partial charge in [-0.25, -0.2) is 0 Å². The fourth-order valence-corrected chi connectivity index (χ4v) is 3.34. The number of rotatable bonds is 4. The Morgan fingerprint density at radius 3 is 2.75 bits per heavy atom. The van der Waals surface area contributed by atoms with Gasteiger partial charge in [-0.2, -0.15) is 0 Å². The van der Waals surface area contributed by atoms with Crippen molar-refractivity contribution in [2.75, 3.05) is 26.2 Å². The monoisotopic (exact) mass is 271 g/mol. The molecule has 1 aliphatic heterocycles. The van der Waals surface area contributed by atoms with Crippen LogP contribution >= 0.6 is 0 Å². The molecule has 108 valence electrons. The number of hydrogen-bond acceptors (Lipinski definition) is 2. The lowest BCUT2D eigenvalue weighted by Gasteiger charge is -2.38. The van der Waals surface area contributed by atoms with Gasteiger partial charge in [-0.1, -0.05) is 26.3 Å². The predicted molar refractivity (Wildman–Crippen MR) is 84.9 cm³/mol. The van der Waals surface area contributed by atoms with Crippen molar-refractivity contribution in [1.29, 1.82) is 0 Å². The number of aromatic nitrogens is 1. The van der Waals surface area contributed by atoms with Gasteiger partial charge in [0.2, 0.25) is 0 Å². The first-order chi connectivity index (χ1) is 9.79. The fraction of sp³-hybridized carbons (Fsp3) is 0.529. The Morgan fingerprint density at radius 1 is 1.20 bits per heavy atom. The maximum atomic E-state index is 3.46. The summed E-state index contributed by atoms with van der Waals surface area (Å²) < 4.78 is 0. The molecule has 0 bridgehead atoms. The third-order valence-electron chi connectivity index (χ3n) is 4.65. The van der Waals surface area contributed by atoms with Crippen molar-refractivity contribution in [1.82, 2.24) is 15.2 Å². The van der Waals surface area contributed by atoms with E-state index in [0.29, 0.717) is 12.0 Å². The van der Waals surface area contributed by atoms with Crippen molar-refractivity contribution >= 4 is 10.9 Å². The van der Waals surface area contributed by atoms with Gasteiger partial charge in [0.15, 0.2) is 0 Å². The van der Waals surface area contributed by atoms with E-state index in [1.165, 1.54) is 22.9 Å². The molecule has 1 aliphatic rings. The highest BCUT2D eigenvalue weighted by atomic mass is 15.2. The molecule has 1 fully saturated rings. The van der Waals surface area contributed by atoms with E-state index in [4.69, 9.17) is 0 Å². The predicted octanol–water partition coefficient (Wildman–Crippen LogP) is 3.16. The van der Waals surface area contributed by atoms with E-state index in [2.05, 4.69) is 53.3 Å². The summed E-state index contributed by atoms with van der Waals surface area (Å²) in [7, 11) is 0. The molecule has 0 spiro atoms. The lowest BCUT2D eigenvalue weighted by atomic mass is 9.90. The minimum Gasteiger partial charge on any atom is -0.361 e. The van der Waals surface area contributed by atoms with E-state index in [9.17, 15) is 0 Å². The first kappa shape index (κ1) is 13.7. The van der Waals surface area contributed by atoms with Crippen molar-refractivity contribution < 1.29 is 0 Å². The number of aromatic amines is 1. The summed E-state index contributed by atoms with van der Waals surface area (Å²) in [6, 6.07) is 9.61. The van der Waals surface area contributed by atoms with Gasteiger partial charge >= 0.3 is 0 Å². The molecule has 1 aromatic heterocycles. The third-order valence-corrected chi connectivity index (χ3v) is 4.65. The third kappa shape index (κ3) is 2.60. The maximum Gasteiger partial charge on any atom is 0.0454 e. The van der Waals surface area contributed by atoms with Crippen LogP contribution in [0.5, 0.6) is 0 Å². The van der Waals surface area contributed by atoms with Crippen LogP contribution in [0.25, 0.3) is 10.9 Å². The average molecular weight is 271 g/mol. The number of fused-ring (bicyclic) bond motifs is 1. The topological polar surface area (TPSA) is 31.1 Å². The van der Waals surface area contributed by atoms with Crippen molar-refractivity contribution in [2.24, 2.45) is 5.92 Å². The molecular formula is C17H25N3. The second kappa shape index (κ2) is 5.98. The van der Waals surface area contributed by atoms with Gasteiger partial charge in [-0.3, -0.25) is 4.90 Å². The molecule has 2 N–H and O–H groups in total. The molecule has 3 heteroatoms. The zero-order valence-corrected chi connectivity index (χ0v) is 12.5. The van der Waals surface area contributed by atoms with Crippen LogP contribution < -0.4 is 5.32 Å². The van der Waals surface area contributed by atoms with Crippen molar-refractivity contribution in [3.05, 3.63) is 36.0 Å². The van der Waals surface area contributed by atoms with E-state index >= 15 is 0 Å². The molecule has 2 aromatic rings. The normalized spacial score (nSPS) is 20.1.